The monoisotopic (exact) mass is 598 g/mol. The van der Waals surface area contributed by atoms with Crippen molar-refractivity contribution >= 4 is 38.5 Å². The van der Waals surface area contributed by atoms with Crippen molar-refractivity contribution in [3.8, 4) is 17.2 Å². The predicted octanol–water partition coefficient (Wildman–Crippen LogP) is 5.68. The van der Waals surface area contributed by atoms with Crippen molar-refractivity contribution in [1.82, 2.24) is 0 Å². The van der Waals surface area contributed by atoms with Crippen LogP contribution in [0.3, 0.4) is 0 Å². The van der Waals surface area contributed by atoms with Crippen LogP contribution in [-0.4, -0.2) is 16.0 Å². The zero-order chi connectivity index (χ0) is 31.1. The first-order valence-corrected chi connectivity index (χ1v) is 14.3. The molecule has 0 saturated heterocycles. The van der Waals surface area contributed by atoms with E-state index >= 15 is 0 Å². The molecule has 1 aliphatic carbocycles. The van der Waals surface area contributed by atoms with Crippen molar-refractivity contribution in [1.29, 1.82) is 0 Å². The van der Waals surface area contributed by atoms with Gasteiger partial charge in [-0.05, 0) is 48.0 Å². The second-order valence-electron chi connectivity index (χ2n) is 11.5. The van der Waals surface area contributed by atoms with E-state index in [-0.39, 0.29) is 28.2 Å². The largest absolute Gasteiger partial charge is 0.507 e. The number of phenols is 1. The Balaban J connectivity index is 1.32. The van der Waals surface area contributed by atoms with Crippen molar-refractivity contribution < 1.29 is 33.3 Å². The molecule has 8 rings (SSSR count). The maximum absolute atomic E-state index is 13.9. The van der Waals surface area contributed by atoms with Gasteiger partial charge >= 0.3 is 0 Å². The fourth-order valence-corrected chi connectivity index (χ4v) is 6.18. The molecule has 0 radical (unpaired) electrons. The minimum absolute atomic E-state index is 0.00483. The van der Waals surface area contributed by atoms with E-state index in [9.17, 15) is 15.0 Å². The van der Waals surface area contributed by atoms with E-state index in [2.05, 4.69) is 0 Å². The van der Waals surface area contributed by atoms with E-state index < -0.39 is 17.2 Å². The number of carbonyl (C=O) groups excluding carboxylic acids is 1. The Hall–Kier alpha value is -5.80. The highest BCUT2D eigenvalue weighted by Crippen LogP contribution is 2.45. The van der Waals surface area contributed by atoms with Crippen LogP contribution in [0.4, 0.5) is 0 Å². The molecule has 3 heterocycles. The average molecular weight is 599 g/mol. The number of aromatic hydroxyl groups is 1. The molecule has 2 aromatic heterocycles. The van der Waals surface area contributed by atoms with Gasteiger partial charge in [-0.2, -0.15) is 0 Å². The minimum atomic E-state index is -1.27. The van der Waals surface area contributed by atoms with Crippen molar-refractivity contribution in [3.05, 3.63) is 131 Å². The molecule has 0 saturated carbocycles. The molecule has 2 atom stereocenters. The van der Waals surface area contributed by atoms with Crippen LogP contribution in [0.1, 0.15) is 30.5 Å². The summed E-state index contributed by atoms with van der Waals surface area (Å²) in [5, 5.41) is 26.6. The quantitative estimate of drug-likeness (QED) is 0.215. The van der Waals surface area contributed by atoms with E-state index in [1.165, 1.54) is 12.5 Å². The van der Waals surface area contributed by atoms with Gasteiger partial charge in [-0.25, -0.2) is 4.99 Å². The highest BCUT2D eigenvalue weighted by molar-refractivity contribution is 6.52. The maximum Gasteiger partial charge on any atom is 0.227 e. The van der Waals surface area contributed by atoms with Gasteiger partial charge < -0.3 is 28.5 Å². The summed E-state index contributed by atoms with van der Waals surface area (Å²) in [6.45, 7) is 3.49. The van der Waals surface area contributed by atoms with Crippen LogP contribution >= 0.6 is 0 Å². The number of fused-ring (bicyclic) bond motifs is 1. The number of nitrogens with zero attached hydrogens (tertiary/aromatic N) is 1. The topological polar surface area (TPSA) is 141 Å². The standard InChI is InChI=1S/C36H26N2O7/c1-35(37,21-13-15-42-17-21)44-26-8-4-6-20-10-12-24(32(39)28(20)26)30-33(40)29(34(30)41)23-11-9-19-5-3-7-25-27(19)31(23)38-36(2,45-25)22-14-16-43-18-22/h3-18,39-40H,37H2,1-2H3. The van der Waals surface area contributed by atoms with Crippen molar-refractivity contribution in [3.63, 3.8) is 0 Å². The van der Waals surface area contributed by atoms with Crippen LogP contribution in [0, 0.1) is 0 Å². The molecule has 0 fully saturated rings. The molecule has 0 amide bonds. The number of Topliss-reactive ketones (excluding diaryl/α,β-unsaturated/α-hetero) is 1. The van der Waals surface area contributed by atoms with Gasteiger partial charge in [0.2, 0.25) is 11.5 Å². The molecule has 45 heavy (non-hydrogen) atoms. The Morgan fingerprint density at radius 3 is 2.33 bits per heavy atom. The Morgan fingerprint density at radius 1 is 0.867 bits per heavy atom. The Bertz CT molecular complexity index is 2350. The van der Waals surface area contributed by atoms with Gasteiger partial charge in [-0.3, -0.25) is 10.5 Å². The van der Waals surface area contributed by atoms with Gasteiger partial charge in [0.1, 0.15) is 23.0 Å². The Labute approximate surface area is 255 Å². The molecule has 0 spiro atoms. The van der Waals surface area contributed by atoms with Crippen LogP contribution in [-0.2, 0) is 16.2 Å². The van der Waals surface area contributed by atoms with Gasteiger partial charge in [0.25, 0.3) is 0 Å². The van der Waals surface area contributed by atoms with Gasteiger partial charge in [0.05, 0.1) is 52.5 Å². The van der Waals surface area contributed by atoms with E-state index in [0.29, 0.717) is 44.0 Å². The number of furan rings is 2. The van der Waals surface area contributed by atoms with Gasteiger partial charge in [-0.1, -0.05) is 42.5 Å². The summed E-state index contributed by atoms with van der Waals surface area (Å²) >= 11 is 0. The zero-order valence-electron chi connectivity index (χ0n) is 24.2. The lowest BCUT2D eigenvalue weighted by molar-refractivity contribution is -0.110. The van der Waals surface area contributed by atoms with Crippen LogP contribution in [0.5, 0.6) is 17.2 Å². The number of phenolic OH excluding ortho intramolecular Hbond substituents is 1. The van der Waals surface area contributed by atoms with Crippen LogP contribution < -0.4 is 25.8 Å². The molecule has 222 valence electrons. The Kier molecular flexibility index (Phi) is 5.57. The number of aliphatic hydroxyl groups excluding tert-OH is 1. The summed E-state index contributed by atoms with van der Waals surface area (Å²) in [5.74, 6) is 0.0178. The fourth-order valence-electron chi connectivity index (χ4n) is 6.18. The molecule has 9 heteroatoms. The molecule has 0 bridgehead atoms. The lowest BCUT2D eigenvalue weighted by Gasteiger charge is -2.30. The first-order valence-electron chi connectivity index (χ1n) is 14.3. The number of ketones is 1. The van der Waals surface area contributed by atoms with E-state index in [1.807, 2.05) is 37.3 Å². The summed E-state index contributed by atoms with van der Waals surface area (Å²) in [6, 6.07) is 21.4. The second kappa shape index (κ2) is 9.35. The predicted molar refractivity (Wildman–Crippen MR) is 166 cm³/mol. The first kappa shape index (κ1) is 26.8. The lowest BCUT2D eigenvalue weighted by atomic mass is 9.81. The molecular weight excluding hydrogens is 572 g/mol. The molecule has 6 aromatic rings. The van der Waals surface area contributed by atoms with E-state index in [1.54, 1.807) is 61.9 Å². The molecule has 9 nitrogen and oxygen atoms in total. The first-order chi connectivity index (χ1) is 21.7. The summed E-state index contributed by atoms with van der Waals surface area (Å²) < 4.78 is 23.0. The average Bonchev–Trinajstić information content (AvgIpc) is 3.76. The summed E-state index contributed by atoms with van der Waals surface area (Å²) in [6.07, 6.45) is 6.10. The van der Waals surface area contributed by atoms with Gasteiger partial charge in [0, 0.05) is 28.7 Å². The second-order valence-corrected chi connectivity index (χ2v) is 11.5. The summed E-state index contributed by atoms with van der Waals surface area (Å²) in [4.78, 5) is 18.9. The molecule has 2 unspecified atom stereocenters. The minimum Gasteiger partial charge on any atom is -0.507 e. The van der Waals surface area contributed by atoms with Crippen LogP contribution in [0.15, 0.2) is 117 Å². The SMILES string of the molecule is CC(N)(Oc1cccc2ccc(C3=C(O)C(=c4ccc5cccc6c5c4=NC(C)(c4ccoc4)O6)C3=O)c(O)c12)c1ccoc1. The molecule has 4 N–H and O–H groups in total. The smallest absolute Gasteiger partial charge is 0.227 e. The zero-order valence-corrected chi connectivity index (χ0v) is 24.2. The van der Waals surface area contributed by atoms with Crippen molar-refractivity contribution in [2.24, 2.45) is 10.7 Å². The molecule has 1 aliphatic heterocycles. The van der Waals surface area contributed by atoms with Crippen molar-refractivity contribution in [2.45, 2.75) is 25.3 Å². The molecular formula is C36H26N2O7. The highest BCUT2D eigenvalue weighted by atomic mass is 16.5. The van der Waals surface area contributed by atoms with E-state index in [4.69, 9.17) is 29.0 Å². The third-order valence-corrected chi connectivity index (χ3v) is 8.53. The fraction of sp³-hybridized carbons (Fsp3) is 0.111. The van der Waals surface area contributed by atoms with Crippen LogP contribution in [0.25, 0.3) is 32.7 Å². The third kappa shape index (κ3) is 3.91. The van der Waals surface area contributed by atoms with E-state index in [0.717, 1.165) is 10.8 Å². The number of benzene rings is 4. The maximum atomic E-state index is 13.9. The highest BCUT2D eigenvalue weighted by Gasteiger charge is 2.39. The normalized spacial score (nSPS) is 20.0. The molecule has 4 aromatic carbocycles. The van der Waals surface area contributed by atoms with Gasteiger partial charge in [-0.15, -0.1) is 0 Å². The molecule has 2 aliphatic rings. The Morgan fingerprint density at radius 2 is 1.60 bits per heavy atom. The third-order valence-electron chi connectivity index (χ3n) is 8.53. The number of aliphatic hydroxyl groups is 1. The number of carbonyl (C=O) groups is 1. The number of hydrogen-bond acceptors (Lipinski definition) is 9. The number of rotatable bonds is 5. The van der Waals surface area contributed by atoms with Crippen LogP contribution in [0.2, 0.25) is 0 Å². The number of allylic oxidation sites excluding steroid dienone is 2. The summed E-state index contributed by atoms with van der Waals surface area (Å²) in [5.41, 5.74) is 5.64. The number of ether oxygens (including phenoxy) is 2. The lowest BCUT2D eigenvalue weighted by Crippen LogP contribution is -2.42. The number of hydrogen-bond donors (Lipinski definition) is 3. The number of nitrogens with two attached hydrogens (primary N) is 1. The van der Waals surface area contributed by atoms with Gasteiger partial charge in [0.15, 0.2) is 5.72 Å². The van der Waals surface area contributed by atoms with Crippen molar-refractivity contribution in [2.75, 3.05) is 0 Å². The summed E-state index contributed by atoms with van der Waals surface area (Å²) in [7, 11) is 0.